The van der Waals surface area contributed by atoms with Gasteiger partial charge in [-0.3, -0.25) is 4.99 Å². The van der Waals surface area contributed by atoms with Crippen molar-refractivity contribution in [1.82, 2.24) is 14.5 Å². The molecule has 1 atom stereocenters. The lowest BCUT2D eigenvalue weighted by Gasteiger charge is -2.37. The van der Waals surface area contributed by atoms with Gasteiger partial charge in [0.2, 0.25) is 0 Å². The lowest BCUT2D eigenvalue weighted by atomic mass is 9.87. The zero-order valence-electron chi connectivity index (χ0n) is 23.5. The molecule has 1 N–H and O–H groups in total. The third-order valence-electron chi connectivity index (χ3n) is 7.29. The molecule has 0 radical (unpaired) electrons. The van der Waals surface area contributed by atoms with Gasteiger partial charge in [-0.1, -0.05) is 49.1 Å². The second kappa shape index (κ2) is 14.4. The first kappa shape index (κ1) is 29.7. The highest BCUT2D eigenvalue weighted by atomic mass is 32.2. The van der Waals surface area contributed by atoms with Gasteiger partial charge in [-0.05, 0) is 42.7 Å². The van der Waals surface area contributed by atoms with Gasteiger partial charge >= 0.3 is 6.03 Å². The second-order valence-corrected chi connectivity index (χ2v) is 11.4. The minimum atomic E-state index is -1.24. The summed E-state index contributed by atoms with van der Waals surface area (Å²) in [6.07, 6.45) is 17.2. The van der Waals surface area contributed by atoms with Crippen LogP contribution in [0, 0.1) is 0 Å². The Kier molecular flexibility index (Phi) is 10.7. The van der Waals surface area contributed by atoms with Crippen LogP contribution in [0.5, 0.6) is 5.75 Å². The van der Waals surface area contributed by atoms with E-state index in [-0.39, 0.29) is 11.6 Å². The number of morpholine rings is 1. The summed E-state index contributed by atoms with van der Waals surface area (Å²) in [7, 11) is -1.24. The molecule has 4 rings (SSSR count). The summed E-state index contributed by atoms with van der Waals surface area (Å²) in [6, 6.07) is 6.23. The van der Waals surface area contributed by atoms with E-state index in [1.54, 1.807) is 23.4 Å². The Bertz CT molecular complexity index is 1240. The van der Waals surface area contributed by atoms with Crippen molar-refractivity contribution >= 4 is 28.8 Å². The van der Waals surface area contributed by atoms with Crippen molar-refractivity contribution in [3.63, 3.8) is 0 Å². The zero-order chi connectivity index (χ0) is 28.4. The van der Waals surface area contributed by atoms with E-state index in [0.717, 1.165) is 36.1 Å². The molecular weight excluding hydrogens is 524 g/mol. The maximum atomic E-state index is 13.1. The van der Waals surface area contributed by atoms with Crippen LogP contribution in [0.1, 0.15) is 37.8 Å². The number of aliphatic imine (C=N–C) groups is 1. The number of nitrogens with zero attached hydrogens (tertiary/aromatic N) is 3. The molecule has 1 spiro atoms. The maximum Gasteiger partial charge on any atom is 0.317 e. The number of nitrogens with one attached hydrogen (secondary N) is 1. The van der Waals surface area contributed by atoms with Gasteiger partial charge < -0.3 is 19.7 Å². The third kappa shape index (κ3) is 7.47. The number of urea groups is 1. The quantitative estimate of drug-likeness (QED) is 0.345. The van der Waals surface area contributed by atoms with Crippen molar-refractivity contribution < 1.29 is 18.5 Å². The normalized spacial score (nSPS) is 20.8. The fourth-order valence-corrected chi connectivity index (χ4v) is 6.27. The van der Waals surface area contributed by atoms with Gasteiger partial charge in [-0.25, -0.2) is 13.3 Å². The molecule has 214 valence electrons. The Hall–Kier alpha value is -3.27. The Balaban J connectivity index is 1.35. The number of carbonyl (C=O) groups is 1. The molecule has 8 nitrogen and oxygen atoms in total. The number of benzene rings is 1. The molecule has 0 aliphatic carbocycles. The van der Waals surface area contributed by atoms with Gasteiger partial charge in [0.25, 0.3) is 0 Å². The monoisotopic (exact) mass is 564 g/mol. The molecule has 2 saturated heterocycles. The first-order valence-corrected chi connectivity index (χ1v) is 15.0. The highest BCUT2D eigenvalue weighted by molar-refractivity contribution is 7.87. The van der Waals surface area contributed by atoms with Crippen molar-refractivity contribution in [2.24, 2.45) is 4.99 Å². The lowest BCUT2D eigenvalue weighted by molar-refractivity contribution is 0.0420. The SMILES string of the molecule is C=C/C=C(\C=C/CNC(=O)N1CCOCC1)c1ccc2c(c1)CC1(CCN(S(=O)C(/C=N\C=C/C)=C/C)CC1)O2. The van der Waals surface area contributed by atoms with Crippen LogP contribution in [-0.4, -0.2) is 77.2 Å². The number of fused-ring (bicyclic) bond motifs is 1. The first-order chi connectivity index (χ1) is 19.5. The van der Waals surface area contributed by atoms with Crippen LogP contribution in [0.15, 0.2) is 77.3 Å². The number of hydrogen-bond donors (Lipinski definition) is 1. The van der Waals surface area contributed by atoms with Crippen molar-refractivity contribution in [3.8, 4) is 5.75 Å². The standard InChI is InChI=1S/C31H40N4O4S/c1-4-8-25(9-7-15-33-30(36)34-18-20-38-21-19-34)26-10-11-29-27(22-26)23-31(39-29)12-16-35(17-13-31)40(37)28(6-3)24-32-14-5-2/h4-11,14,22,24H,1,12-13,15-21,23H2,2-3H3,(H,33,36)/b9-7-,14-5-,25-8+,28-6+,32-24-. The minimum absolute atomic E-state index is 0.0687. The molecule has 2 amide bonds. The molecule has 3 heterocycles. The fourth-order valence-electron chi connectivity index (χ4n) is 5.11. The van der Waals surface area contributed by atoms with Crippen molar-refractivity contribution in [2.75, 3.05) is 45.9 Å². The van der Waals surface area contributed by atoms with E-state index in [1.807, 2.05) is 54.6 Å². The summed E-state index contributed by atoms with van der Waals surface area (Å²) >= 11 is 0. The maximum absolute atomic E-state index is 13.1. The first-order valence-electron chi connectivity index (χ1n) is 13.9. The van der Waals surface area contributed by atoms with Crippen LogP contribution in [0.2, 0.25) is 0 Å². The summed E-state index contributed by atoms with van der Waals surface area (Å²) in [5, 5.41) is 2.95. The van der Waals surface area contributed by atoms with Crippen LogP contribution in [-0.2, 0) is 22.1 Å². The smallest absolute Gasteiger partial charge is 0.317 e. The van der Waals surface area contributed by atoms with Crippen molar-refractivity contribution in [2.45, 2.75) is 38.7 Å². The van der Waals surface area contributed by atoms with Crippen LogP contribution >= 0.6 is 0 Å². The Labute approximate surface area is 240 Å². The molecule has 0 bridgehead atoms. The van der Waals surface area contributed by atoms with E-state index >= 15 is 0 Å². The van der Waals surface area contributed by atoms with Gasteiger partial charge in [0.15, 0.2) is 0 Å². The van der Waals surface area contributed by atoms with Gasteiger partial charge in [-0.15, -0.1) is 0 Å². The molecule has 1 unspecified atom stereocenters. The predicted molar refractivity (Wildman–Crippen MR) is 163 cm³/mol. The van der Waals surface area contributed by atoms with Crippen LogP contribution < -0.4 is 10.1 Å². The van der Waals surface area contributed by atoms with Gasteiger partial charge in [0.1, 0.15) is 22.3 Å². The lowest BCUT2D eigenvalue weighted by Crippen LogP contribution is -2.47. The Morgan fingerprint density at radius 1 is 1.20 bits per heavy atom. The van der Waals surface area contributed by atoms with Crippen LogP contribution in [0.4, 0.5) is 4.79 Å². The summed E-state index contributed by atoms with van der Waals surface area (Å²) < 4.78 is 26.9. The highest BCUT2D eigenvalue weighted by Gasteiger charge is 2.43. The molecule has 0 aromatic heterocycles. The summed E-state index contributed by atoms with van der Waals surface area (Å²) in [4.78, 5) is 19.0. The molecule has 1 aromatic carbocycles. The Morgan fingerprint density at radius 2 is 1.98 bits per heavy atom. The van der Waals surface area contributed by atoms with Gasteiger partial charge in [0, 0.05) is 64.4 Å². The largest absolute Gasteiger partial charge is 0.487 e. The number of hydrogen-bond acceptors (Lipinski definition) is 5. The van der Waals surface area contributed by atoms with Crippen LogP contribution in [0.3, 0.4) is 0 Å². The topological polar surface area (TPSA) is 83.5 Å². The molecule has 1 aromatic rings. The number of ether oxygens (including phenoxy) is 2. The second-order valence-electron chi connectivity index (χ2n) is 9.96. The molecule has 9 heteroatoms. The van der Waals surface area contributed by atoms with E-state index in [0.29, 0.717) is 50.8 Å². The number of piperidine rings is 1. The van der Waals surface area contributed by atoms with Crippen molar-refractivity contribution in [3.05, 3.63) is 83.5 Å². The number of carbonyl (C=O) groups excluding carboxylic acids is 1. The van der Waals surface area contributed by atoms with E-state index in [9.17, 15) is 9.00 Å². The van der Waals surface area contributed by atoms with E-state index in [4.69, 9.17) is 9.47 Å². The van der Waals surface area contributed by atoms with Crippen LogP contribution in [0.25, 0.3) is 5.57 Å². The minimum Gasteiger partial charge on any atom is -0.487 e. The summed E-state index contributed by atoms with van der Waals surface area (Å²) in [5.74, 6) is 0.922. The number of rotatable bonds is 9. The van der Waals surface area contributed by atoms with Crippen molar-refractivity contribution in [1.29, 1.82) is 0 Å². The van der Waals surface area contributed by atoms with E-state index in [1.165, 1.54) is 5.56 Å². The number of allylic oxidation sites excluding steroid dienone is 7. The average Bonchev–Trinajstić information content (AvgIpc) is 3.34. The number of amides is 2. The molecule has 0 saturated carbocycles. The van der Waals surface area contributed by atoms with E-state index in [2.05, 4.69) is 29.0 Å². The third-order valence-corrected chi connectivity index (χ3v) is 8.87. The molecule has 3 aliphatic rings. The van der Waals surface area contributed by atoms with Gasteiger partial charge in [-0.2, -0.15) is 0 Å². The molecule has 2 fully saturated rings. The van der Waals surface area contributed by atoms with Gasteiger partial charge in [0.05, 0.1) is 18.1 Å². The Morgan fingerprint density at radius 3 is 2.67 bits per heavy atom. The molecule has 3 aliphatic heterocycles. The highest BCUT2D eigenvalue weighted by Crippen LogP contribution is 2.42. The molecular formula is C31H40N4O4S. The predicted octanol–water partition coefficient (Wildman–Crippen LogP) is 4.80. The summed E-state index contributed by atoms with van der Waals surface area (Å²) in [6.45, 7) is 11.9. The van der Waals surface area contributed by atoms with E-state index < -0.39 is 11.0 Å². The summed E-state index contributed by atoms with van der Waals surface area (Å²) in [5.41, 5.74) is 3.01. The average molecular weight is 565 g/mol. The zero-order valence-corrected chi connectivity index (χ0v) is 24.3. The molecule has 40 heavy (non-hydrogen) atoms. The fraction of sp³-hybridized carbons (Fsp3) is 0.419.